The Morgan fingerprint density at radius 3 is 1.50 bits per heavy atom. The number of carbonyl (C=O) groups excluding carboxylic acids is 4. The molecule has 6 aliphatic carbocycles. The molecule has 10 atom stereocenters. The quantitative estimate of drug-likeness (QED) is 0.485. The number of esters is 4. The number of rotatable bonds is 2. The molecule has 0 radical (unpaired) electrons. The molecule has 2 aliphatic heterocycles. The molecule has 0 N–H and O–H groups in total. The normalized spacial score (nSPS) is 57.7. The standard InChI is InChI=1S/C22H24O8/c1-27-17(25)21-9-7-20(6-4-12(24)30-20)16-13(9)14-10(22(16,21)18(26)28-2)8-19(15(14)21)5-3-11(23)29-19/h9-10,13-16H,3-8H2,1-2H3. The molecule has 0 aromatic rings. The zero-order chi connectivity index (χ0) is 20.8. The van der Waals surface area contributed by atoms with Gasteiger partial charge in [0, 0.05) is 24.7 Å². The second kappa shape index (κ2) is 4.70. The van der Waals surface area contributed by atoms with Crippen LogP contribution in [-0.2, 0) is 38.1 Å². The van der Waals surface area contributed by atoms with Crippen molar-refractivity contribution in [1.82, 2.24) is 0 Å². The molecule has 8 bridgehead atoms. The number of methoxy groups -OCH3 is 2. The van der Waals surface area contributed by atoms with E-state index in [0.29, 0.717) is 38.5 Å². The Balaban J connectivity index is 1.48. The Bertz CT molecular complexity index is 883. The summed E-state index contributed by atoms with van der Waals surface area (Å²) in [5, 5.41) is 0. The van der Waals surface area contributed by atoms with E-state index >= 15 is 0 Å². The van der Waals surface area contributed by atoms with Gasteiger partial charge in [-0.1, -0.05) is 0 Å². The van der Waals surface area contributed by atoms with Gasteiger partial charge in [-0.15, -0.1) is 0 Å². The van der Waals surface area contributed by atoms with Crippen molar-refractivity contribution in [3.8, 4) is 0 Å². The fourth-order valence-electron chi connectivity index (χ4n) is 10.6. The smallest absolute Gasteiger partial charge is 0.313 e. The lowest BCUT2D eigenvalue weighted by atomic mass is 9.44. The highest BCUT2D eigenvalue weighted by atomic mass is 16.6. The van der Waals surface area contributed by atoms with Gasteiger partial charge in [0.05, 0.1) is 25.0 Å². The van der Waals surface area contributed by atoms with Gasteiger partial charge in [0.2, 0.25) is 0 Å². The number of hydrogen-bond acceptors (Lipinski definition) is 8. The second-order valence-corrected chi connectivity index (χ2v) is 10.5. The van der Waals surface area contributed by atoms with Gasteiger partial charge in [-0.2, -0.15) is 0 Å². The third kappa shape index (κ3) is 1.30. The molecule has 2 saturated heterocycles. The number of ether oxygens (including phenoxy) is 4. The van der Waals surface area contributed by atoms with Crippen LogP contribution in [0.3, 0.4) is 0 Å². The van der Waals surface area contributed by atoms with Gasteiger partial charge in [0.15, 0.2) is 0 Å². The molecule has 2 spiro atoms. The van der Waals surface area contributed by atoms with Gasteiger partial charge in [-0.05, 0) is 49.4 Å². The van der Waals surface area contributed by atoms with Crippen LogP contribution in [0.4, 0.5) is 0 Å². The lowest BCUT2D eigenvalue weighted by molar-refractivity contribution is -0.231. The van der Waals surface area contributed by atoms with E-state index < -0.39 is 22.0 Å². The zero-order valence-corrected chi connectivity index (χ0v) is 17.0. The first-order valence-corrected chi connectivity index (χ1v) is 10.9. The van der Waals surface area contributed by atoms with Crippen LogP contribution in [0.15, 0.2) is 0 Å². The molecule has 8 nitrogen and oxygen atoms in total. The Hall–Kier alpha value is -2.12. The topological polar surface area (TPSA) is 105 Å². The second-order valence-electron chi connectivity index (χ2n) is 10.5. The number of hydrogen-bond donors (Lipinski definition) is 0. The van der Waals surface area contributed by atoms with Crippen molar-refractivity contribution >= 4 is 23.9 Å². The third-order valence-corrected chi connectivity index (χ3v) is 10.4. The van der Waals surface area contributed by atoms with E-state index in [1.165, 1.54) is 14.2 Å². The van der Waals surface area contributed by atoms with Crippen LogP contribution in [0.5, 0.6) is 0 Å². The fourth-order valence-corrected chi connectivity index (χ4v) is 10.6. The monoisotopic (exact) mass is 416 g/mol. The van der Waals surface area contributed by atoms with Crippen LogP contribution in [0.2, 0.25) is 0 Å². The maximum absolute atomic E-state index is 13.6. The molecular weight excluding hydrogens is 392 g/mol. The molecular formula is C22H24O8. The summed E-state index contributed by atoms with van der Waals surface area (Å²) < 4.78 is 22.6. The maximum Gasteiger partial charge on any atom is 0.313 e. The van der Waals surface area contributed by atoms with Crippen molar-refractivity contribution in [3.63, 3.8) is 0 Å². The largest absolute Gasteiger partial charge is 0.469 e. The molecule has 8 rings (SSSR count). The minimum atomic E-state index is -1.07. The van der Waals surface area contributed by atoms with E-state index in [1.807, 2.05) is 0 Å². The van der Waals surface area contributed by atoms with Gasteiger partial charge in [-0.3, -0.25) is 19.2 Å². The predicted molar refractivity (Wildman–Crippen MR) is 95.2 cm³/mol. The van der Waals surface area contributed by atoms with E-state index in [-0.39, 0.29) is 59.4 Å². The maximum atomic E-state index is 13.6. The molecule has 0 aromatic carbocycles. The summed E-state index contributed by atoms with van der Waals surface area (Å²) in [5.41, 5.74) is -3.51. The number of carbonyl (C=O) groups is 4. The van der Waals surface area contributed by atoms with E-state index in [4.69, 9.17) is 18.9 Å². The summed E-state index contributed by atoms with van der Waals surface area (Å²) in [6, 6.07) is 0. The van der Waals surface area contributed by atoms with Crippen LogP contribution in [0.1, 0.15) is 38.5 Å². The molecule has 0 amide bonds. The Kier molecular flexibility index (Phi) is 2.75. The molecule has 8 aliphatic rings. The molecule has 0 aromatic heterocycles. The highest BCUT2D eigenvalue weighted by molar-refractivity contribution is 5.95. The molecule has 8 fully saturated rings. The van der Waals surface area contributed by atoms with Gasteiger partial charge in [-0.25, -0.2) is 0 Å². The summed E-state index contributed by atoms with van der Waals surface area (Å²) in [4.78, 5) is 51.6. The zero-order valence-electron chi connectivity index (χ0n) is 17.0. The molecule has 2 heterocycles. The first-order valence-electron chi connectivity index (χ1n) is 10.9. The lowest BCUT2D eigenvalue weighted by Gasteiger charge is -2.58. The van der Waals surface area contributed by atoms with Gasteiger partial charge >= 0.3 is 23.9 Å². The van der Waals surface area contributed by atoms with Crippen LogP contribution < -0.4 is 0 Å². The first-order chi connectivity index (χ1) is 14.3. The van der Waals surface area contributed by atoms with Gasteiger partial charge in [0.1, 0.15) is 11.2 Å². The minimum absolute atomic E-state index is 0.0859. The molecule has 6 saturated carbocycles. The molecule has 160 valence electrons. The van der Waals surface area contributed by atoms with Crippen molar-refractivity contribution in [3.05, 3.63) is 0 Å². The third-order valence-electron chi connectivity index (χ3n) is 10.4. The van der Waals surface area contributed by atoms with E-state index in [2.05, 4.69) is 0 Å². The summed E-state index contributed by atoms with van der Waals surface area (Å²) >= 11 is 0. The molecule has 8 heteroatoms. The highest BCUT2D eigenvalue weighted by Crippen LogP contribution is 2.96. The average molecular weight is 416 g/mol. The predicted octanol–water partition coefficient (Wildman–Crippen LogP) is 1.00. The fraction of sp³-hybridized carbons (Fsp3) is 0.818. The van der Waals surface area contributed by atoms with E-state index in [1.54, 1.807) is 0 Å². The van der Waals surface area contributed by atoms with Crippen LogP contribution in [0.25, 0.3) is 0 Å². The summed E-state index contributed by atoms with van der Waals surface area (Å²) in [7, 11) is 2.73. The van der Waals surface area contributed by atoms with Crippen molar-refractivity contribution in [2.24, 2.45) is 46.3 Å². The van der Waals surface area contributed by atoms with Crippen LogP contribution >= 0.6 is 0 Å². The lowest BCUT2D eigenvalue weighted by Crippen LogP contribution is -2.69. The summed E-state index contributed by atoms with van der Waals surface area (Å²) in [5.74, 6) is -1.76. The van der Waals surface area contributed by atoms with E-state index in [9.17, 15) is 19.2 Å². The Labute approximate surface area is 172 Å². The Morgan fingerprint density at radius 1 is 0.800 bits per heavy atom. The van der Waals surface area contributed by atoms with Crippen molar-refractivity contribution in [1.29, 1.82) is 0 Å². The highest BCUT2D eigenvalue weighted by Gasteiger charge is 3.02. The minimum Gasteiger partial charge on any atom is -0.469 e. The van der Waals surface area contributed by atoms with Crippen molar-refractivity contribution in [2.75, 3.05) is 14.2 Å². The van der Waals surface area contributed by atoms with Crippen LogP contribution in [0, 0.1) is 46.3 Å². The van der Waals surface area contributed by atoms with Gasteiger partial charge < -0.3 is 18.9 Å². The van der Waals surface area contributed by atoms with Crippen molar-refractivity contribution in [2.45, 2.75) is 49.7 Å². The summed E-state index contributed by atoms with van der Waals surface area (Å²) in [6.45, 7) is 0. The SMILES string of the molecule is COC(=O)C12C3CC4(CCC(=O)O4)C4C3C3C(CC5(CCC(=O)O5)C31)C42C(=O)OC. The van der Waals surface area contributed by atoms with Crippen LogP contribution in [-0.4, -0.2) is 49.3 Å². The first kappa shape index (κ1) is 17.5. The summed E-state index contributed by atoms with van der Waals surface area (Å²) in [6.07, 6.45) is 3.02. The molecule has 30 heavy (non-hydrogen) atoms. The average Bonchev–Trinajstić information content (AvgIpc) is 3.55. The van der Waals surface area contributed by atoms with Gasteiger partial charge in [0.25, 0.3) is 0 Å². The Morgan fingerprint density at radius 2 is 1.20 bits per heavy atom. The molecule has 10 unspecified atom stereocenters. The van der Waals surface area contributed by atoms with E-state index in [0.717, 1.165) is 0 Å². The van der Waals surface area contributed by atoms with Crippen molar-refractivity contribution < 1.29 is 38.1 Å².